The molecule has 0 spiro atoms. The number of carboxylic acid groups (broad SMARTS) is 1. The van der Waals surface area contributed by atoms with Gasteiger partial charge in [0.15, 0.2) is 0 Å². The van der Waals surface area contributed by atoms with Crippen LogP contribution in [0.5, 0.6) is 0 Å². The summed E-state index contributed by atoms with van der Waals surface area (Å²) >= 11 is 0. The van der Waals surface area contributed by atoms with Crippen molar-refractivity contribution >= 4 is 5.97 Å². The van der Waals surface area contributed by atoms with Crippen molar-refractivity contribution in [1.82, 2.24) is 0 Å². The van der Waals surface area contributed by atoms with E-state index in [-0.39, 0.29) is 6.10 Å². The molecule has 0 aromatic heterocycles. The van der Waals surface area contributed by atoms with E-state index in [1.54, 1.807) is 0 Å². The number of carbonyl (C=O) groups is 1. The van der Waals surface area contributed by atoms with Gasteiger partial charge in [0.05, 0.1) is 6.10 Å². The maximum Gasteiger partial charge on any atom is 0.303 e. The highest BCUT2D eigenvalue weighted by Crippen LogP contribution is 2.68. The van der Waals surface area contributed by atoms with E-state index in [2.05, 4.69) is 20.8 Å². The zero-order valence-corrected chi connectivity index (χ0v) is 17.6. The molecule has 4 fully saturated rings. The molecule has 27 heavy (non-hydrogen) atoms. The van der Waals surface area contributed by atoms with Crippen molar-refractivity contribution in [2.45, 2.75) is 97.5 Å². The van der Waals surface area contributed by atoms with Crippen LogP contribution in [0.15, 0.2) is 0 Å². The van der Waals surface area contributed by atoms with Gasteiger partial charge >= 0.3 is 5.97 Å². The van der Waals surface area contributed by atoms with E-state index in [0.29, 0.717) is 29.1 Å². The van der Waals surface area contributed by atoms with Crippen LogP contribution in [0.1, 0.15) is 91.4 Å². The summed E-state index contributed by atoms with van der Waals surface area (Å²) in [5.41, 5.74) is 0.882. The zero-order valence-electron chi connectivity index (χ0n) is 17.6. The Morgan fingerprint density at radius 2 is 1.70 bits per heavy atom. The highest BCUT2D eigenvalue weighted by Gasteiger charge is 2.60. The van der Waals surface area contributed by atoms with Gasteiger partial charge < -0.3 is 10.2 Å². The van der Waals surface area contributed by atoms with Gasteiger partial charge in [-0.15, -0.1) is 0 Å². The van der Waals surface area contributed by atoms with Gasteiger partial charge in [-0.3, -0.25) is 4.79 Å². The second-order valence-corrected chi connectivity index (χ2v) is 11.2. The Balaban J connectivity index is 1.51. The number of rotatable bonds is 4. The van der Waals surface area contributed by atoms with E-state index in [0.717, 1.165) is 42.9 Å². The predicted molar refractivity (Wildman–Crippen MR) is 107 cm³/mol. The number of aliphatic carboxylic acids is 1. The van der Waals surface area contributed by atoms with Crippen molar-refractivity contribution in [3.63, 3.8) is 0 Å². The first kappa shape index (κ1) is 19.7. The normalized spacial score (nSPS) is 50.4. The van der Waals surface area contributed by atoms with Gasteiger partial charge in [-0.25, -0.2) is 0 Å². The molecule has 2 N–H and O–H groups in total. The molecule has 3 nitrogen and oxygen atoms in total. The lowest BCUT2D eigenvalue weighted by Gasteiger charge is -2.61. The van der Waals surface area contributed by atoms with E-state index in [4.69, 9.17) is 5.11 Å². The Morgan fingerprint density at radius 1 is 1.00 bits per heavy atom. The molecule has 0 aromatic rings. The molecular formula is C24H40O3. The summed E-state index contributed by atoms with van der Waals surface area (Å²) in [6.07, 6.45) is 12.4. The Morgan fingerprint density at radius 3 is 2.44 bits per heavy atom. The highest BCUT2D eigenvalue weighted by atomic mass is 16.4. The Kier molecular flexibility index (Phi) is 5.15. The predicted octanol–water partition coefficient (Wildman–Crippen LogP) is 5.51. The van der Waals surface area contributed by atoms with Crippen molar-refractivity contribution in [3.05, 3.63) is 0 Å². The summed E-state index contributed by atoms with van der Waals surface area (Å²) in [5, 5.41) is 19.3. The average Bonchev–Trinajstić information content (AvgIpc) is 2.97. The first-order valence-corrected chi connectivity index (χ1v) is 11.7. The van der Waals surface area contributed by atoms with E-state index in [1.807, 2.05) is 0 Å². The van der Waals surface area contributed by atoms with Crippen molar-refractivity contribution in [1.29, 1.82) is 0 Å². The summed E-state index contributed by atoms with van der Waals surface area (Å²) in [5.74, 6) is 3.91. The molecule has 3 heteroatoms. The Hall–Kier alpha value is -0.570. The molecule has 0 aromatic carbocycles. The third-order valence-corrected chi connectivity index (χ3v) is 10.2. The molecule has 9 atom stereocenters. The van der Waals surface area contributed by atoms with Gasteiger partial charge in [0.1, 0.15) is 0 Å². The largest absolute Gasteiger partial charge is 0.481 e. The molecule has 154 valence electrons. The molecule has 0 heterocycles. The highest BCUT2D eigenvalue weighted by molar-refractivity contribution is 5.66. The second kappa shape index (κ2) is 7.04. The molecule has 0 radical (unpaired) electrons. The molecule has 4 rings (SSSR count). The Bertz CT molecular complexity index is 574. The first-order chi connectivity index (χ1) is 12.8. The van der Waals surface area contributed by atoms with E-state index < -0.39 is 5.97 Å². The minimum absolute atomic E-state index is 0.0561. The lowest BCUT2D eigenvalue weighted by atomic mass is 9.44. The van der Waals surface area contributed by atoms with Crippen molar-refractivity contribution in [3.8, 4) is 0 Å². The average molecular weight is 377 g/mol. The van der Waals surface area contributed by atoms with Crippen LogP contribution in [0, 0.1) is 46.3 Å². The minimum Gasteiger partial charge on any atom is -0.481 e. The van der Waals surface area contributed by atoms with Gasteiger partial charge in [0.25, 0.3) is 0 Å². The van der Waals surface area contributed by atoms with E-state index >= 15 is 0 Å². The smallest absolute Gasteiger partial charge is 0.303 e. The van der Waals surface area contributed by atoms with E-state index in [9.17, 15) is 9.90 Å². The van der Waals surface area contributed by atoms with Crippen LogP contribution in [0.2, 0.25) is 0 Å². The van der Waals surface area contributed by atoms with Crippen molar-refractivity contribution < 1.29 is 15.0 Å². The van der Waals surface area contributed by atoms with Gasteiger partial charge in [-0.05, 0) is 111 Å². The molecule has 4 saturated carbocycles. The van der Waals surface area contributed by atoms with Gasteiger partial charge in [0, 0.05) is 6.42 Å². The lowest BCUT2D eigenvalue weighted by molar-refractivity contribution is -0.138. The molecule has 4 aliphatic rings. The minimum atomic E-state index is -0.643. The van der Waals surface area contributed by atoms with Crippen LogP contribution in [0.25, 0.3) is 0 Å². The number of carboxylic acids is 1. The fourth-order valence-corrected chi connectivity index (χ4v) is 8.76. The summed E-state index contributed by atoms with van der Waals surface area (Å²) < 4.78 is 0. The quantitative estimate of drug-likeness (QED) is 0.680. The van der Waals surface area contributed by atoms with Crippen LogP contribution in [0.4, 0.5) is 0 Å². The van der Waals surface area contributed by atoms with Crippen molar-refractivity contribution in [2.75, 3.05) is 0 Å². The summed E-state index contributed by atoms with van der Waals surface area (Å²) in [6.45, 7) is 7.43. The van der Waals surface area contributed by atoms with Crippen LogP contribution in [-0.2, 0) is 4.79 Å². The molecular weight excluding hydrogens is 336 g/mol. The summed E-state index contributed by atoms with van der Waals surface area (Å²) in [6, 6.07) is 0. The third kappa shape index (κ3) is 3.16. The molecule has 0 aliphatic heterocycles. The SMILES string of the molecule is C[C@H](CCC(=O)O)C1CCC2C3CCC4CC(O)CCC4(C)C3CCC21C. The fourth-order valence-electron chi connectivity index (χ4n) is 8.76. The summed E-state index contributed by atoms with van der Waals surface area (Å²) in [4.78, 5) is 11.0. The Labute approximate surface area is 165 Å². The summed E-state index contributed by atoms with van der Waals surface area (Å²) in [7, 11) is 0. The topological polar surface area (TPSA) is 57.5 Å². The van der Waals surface area contributed by atoms with Crippen LogP contribution < -0.4 is 0 Å². The molecule has 0 bridgehead atoms. The monoisotopic (exact) mass is 376 g/mol. The number of aliphatic hydroxyl groups excluding tert-OH is 1. The van der Waals surface area contributed by atoms with Crippen LogP contribution in [0.3, 0.4) is 0 Å². The van der Waals surface area contributed by atoms with Crippen molar-refractivity contribution in [2.24, 2.45) is 46.3 Å². The van der Waals surface area contributed by atoms with Crippen LogP contribution >= 0.6 is 0 Å². The van der Waals surface area contributed by atoms with Crippen LogP contribution in [-0.4, -0.2) is 22.3 Å². The van der Waals surface area contributed by atoms with Gasteiger partial charge in [-0.1, -0.05) is 20.8 Å². The van der Waals surface area contributed by atoms with Gasteiger partial charge in [0.2, 0.25) is 0 Å². The molecule has 0 amide bonds. The number of hydrogen-bond donors (Lipinski definition) is 2. The maximum absolute atomic E-state index is 11.0. The fraction of sp³-hybridized carbons (Fsp3) is 0.958. The number of fused-ring (bicyclic) bond motifs is 5. The lowest BCUT2D eigenvalue weighted by Crippen LogP contribution is -2.54. The maximum atomic E-state index is 11.0. The standard InChI is InChI=1S/C24H40O3/c1-15(4-9-22(26)27)19-7-8-20-18-6-5-16-14-17(25)10-12-23(16,2)21(18)11-13-24(19,20)3/h15-21,25H,4-14H2,1-3H3,(H,26,27)/t15-,16?,17?,18?,19?,20?,21?,23?,24?/m1/s1. The second-order valence-electron chi connectivity index (χ2n) is 11.2. The number of hydrogen-bond acceptors (Lipinski definition) is 2. The first-order valence-electron chi connectivity index (χ1n) is 11.7. The molecule has 0 saturated heterocycles. The number of aliphatic hydroxyl groups is 1. The molecule has 8 unspecified atom stereocenters. The van der Waals surface area contributed by atoms with E-state index in [1.165, 1.54) is 44.9 Å². The molecule has 4 aliphatic carbocycles. The zero-order chi connectivity index (χ0) is 19.4. The third-order valence-electron chi connectivity index (χ3n) is 10.2. The van der Waals surface area contributed by atoms with Gasteiger partial charge in [-0.2, -0.15) is 0 Å².